The molecule has 3 N–H and O–H groups in total. The third-order valence-corrected chi connectivity index (χ3v) is 4.12. The van der Waals surface area contributed by atoms with E-state index in [9.17, 15) is 0 Å². The first-order valence-electron chi connectivity index (χ1n) is 8.73. The molecule has 1 aromatic rings. The van der Waals surface area contributed by atoms with Crippen LogP contribution in [0, 0.1) is 5.41 Å². The Morgan fingerprint density at radius 2 is 1.96 bits per heavy atom. The smallest absolute Gasteiger partial charge is 0.159 e. The highest BCUT2D eigenvalue weighted by molar-refractivity contribution is 5.90. The summed E-state index contributed by atoms with van der Waals surface area (Å²) in [7, 11) is 4.17. The van der Waals surface area contributed by atoms with Gasteiger partial charge in [0.2, 0.25) is 0 Å². The van der Waals surface area contributed by atoms with Crippen molar-refractivity contribution in [1.82, 2.24) is 20.4 Å². The van der Waals surface area contributed by atoms with E-state index < -0.39 is 0 Å². The van der Waals surface area contributed by atoms with Crippen LogP contribution in [0.15, 0.2) is 18.0 Å². The van der Waals surface area contributed by atoms with E-state index in [1.165, 1.54) is 38.4 Å². The van der Waals surface area contributed by atoms with E-state index >= 15 is 0 Å². The van der Waals surface area contributed by atoms with Gasteiger partial charge in [0.25, 0.3) is 0 Å². The van der Waals surface area contributed by atoms with Crippen molar-refractivity contribution < 1.29 is 0 Å². The molecule has 0 spiro atoms. The van der Waals surface area contributed by atoms with E-state index in [-0.39, 0.29) is 0 Å². The van der Waals surface area contributed by atoms with Crippen LogP contribution in [0.25, 0.3) is 6.08 Å². The lowest BCUT2D eigenvalue weighted by Gasteiger charge is -2.27. The maximum absolute atomic E-state index is 7.59. The molecule has 24 heavy (non-hydrogen) atoms. The molecule has 2 fully saturated rings. The fraction of sp³-hybridized carbons (Fsp3) is 0.556. The fourth-order valence-electron chi connectivity index (χ4n) is 2.80. The summed E-state index contributed by atoms with van der Waals surface area (Å²) < 4.78 is 0. The summed E-state index contributed by atoms with van der Waals surface area (Å²) in [5, 5.41) is 18.0. The Bertz CT molecular complexity index is 593. The number of H-pyrrole nitrogens is 1. The zero-order valence-corrected chi connectivity index (χ0v) is 15.2. The van der Waals surface area contributed by atoms with Gasteiger partial charge in [-0.2, -0.15) is 5.10 Å². The lowest BCUT2D eigenvalue weighted by molar-refractivity contribution is 0.408. The van der Waals surface area contributed by atoms with Crippen LogP contribution >= 0.6 is 0 Å². The van der Waals surface area contributed by atoms with Crippen molar-refractivity contribution in [1.29, 1.82) is 5.41 Å². The Hall–Kier alpha value is -2.08. The predicted molar refractivity (Wildman–Crippen MR) is 102 cm³/mol. The van der Waals surface area contributed by atoms with Crippen LogP contribution in [0.1, 0.15) is 43.9 Å². The van der Waals surface area contributed by atoms with Crippen molar-refractivity contribution >= 4 is 18.1 Å². The summed E-state index contributed by atoms with van der Waals surface area (Å²) >= 11 is 0. The van der Waals surface area contributed by atoms with Gasteiger partial charge in [0.1, 0.15) is 0 Å². The summed E-state index contributed by atoms with van der Waals surface area (Å²) in [5.41, 5.74) is 3.71. The SMILES string of the molecule is C=C1N/C1=C/c1[nH]nc(N2CCCCC2)c1C=N.CCCN(C)C. The van der Waals surface area contributed by atoms with Crippen LogP contribution < -0.4 is 10.2 Å². The highest BCUT2D eigenvalue weighted by Gasteiger charge is 2.21. The van der Waals surface area contributed by atoms with Gasteiger partial charge >= 0.3 is 0 Å². The molecule has 0 saturated carbocycles. The van der Waals surface area contributed by atoms with Gasteiger partial charge in [0.15, 0.2) is 5.82 Å². The molecule has 0 bridgehead atoms. The van der Waals surface area contributed by atoms with Crippen molar-refractivity contribution in [3.8, 4) is 0 Å². The molecule has 0 atom stereocenters. The topological polar surface area (TPSA) is 81.0 Å². The molecule has 2 aliphatic heterocycles. The van der Waals surface area contributed by atoms with Crippen LogP contribution in [0.2, 0.25) is 0 Å². The second-order valence-electron chi connectivity index (χ2n) is 6.53. The lowest BCUT2D eigenvalue weighted by Crippen LogP contribution is -2.30. The monoisotopic (exact) mass is 330 g/mol. The van der Waals surface area contributed by atoms with E-state index in [0.717, 1.165) is 41.6 Å². The van der Waals surface area contributed by atoms with Crippen LogP contribution in [-0.2, 0) is 0 Å². The standard InChI is InChI=1S/C13H17N5.C5H13N/c1-9-11(15-9)7-12-10(8-14)13(17-16-12)18-5-3-2-4-6-18;1-4-5-6(2)3/h7-8,14-15H,1-6H2,(H,16,17);4-5H2,1-3H3/b11-7+,14-8?;. The molecule has 2 aliphatic rings. The number of aromatic nitrogens is 2. The van der Waals surface area contributed by atoms with Crippen LogP contribution in [-0.4, -0.2) is 55.0 Å². The molecule has 0 amide bonds. The largest absolute Gasteiger partial charge is 0.355 e. The quantitative estimate of drug-likeness (QED) is 0.573. The first-order valence-corrected chi connectivity index (χ1v) is 8.73. The molecule has 132 valence electrons. The van der Waals surface area contributed by atoms with Gasteiger partial charge in [-0.3, -0.25) is 5.10 Å². The van der Waals surface area contributed by atoms with Gasteiger partial charge in [-0.05, 0) is 52.4 Å². The van der Waals surface area contributed by atoms with Crippen LogP contribution in [0.4, 0.5) is 5.82 Å². The number of aromatic amines is 1. The van der Waals surface area contributed by atoms with Gasteiger partial charge in [-0.25, -0.2) is 0 Å². The number of nitrogens with zero attached hydrogens (tertiary/aromatic N) is 3. The lowest BCUT2D eigenvalue weighted by atomic mass is 10.1. The first kappa shape index (κ1) is 18.3. The van der Waals surface area contributed by atoms with Gasteiger partial charge < -0.3 is 20.5 Å². The van der Waals surface area contributed by atoms with Gasteiger partial charge in [-0.15, -0.1) is 0 Å². The summed E-state index contributed by atoms with van der Waals surface area (Å²) in [6, 6.07) is 0. The second-order valence-corrected chi connectivity index (χ2v) is 6.53. The summed E-state index contributed by atoms with van der Waals surface area (Å²) in [6.07, 6.45) is 8.31. The van der Waals surface area contributed by atoms with Crippen molar-refractivity contribution in [3.63, 3.8) is 0 Å². The minimum absolute atomic E-state index is 0.867. The number of hydrogen-bond donors (Lipinski definition) is 3. The van der Waals surface area contributed by atoms with Crippen molar-refractivity contribution in [2.45, 2.75) is 32.6 Å². The van der Waals surface area contributed by atoms with Crippen molar-refractivity contribution in [3.05, 3.63) is 29.2 Å². The molecular weight excluding hydrogens is 300 g/mol. The minimum Gasteiger partial charge on any atom is -0.355 e. The molecule has 0 radical (unpaired) electrons. The highest BCUT2D eigenvalue weighted by atomic mass is 15.3. The molecular formula is C18H30N6. The molecule has 3 rings (SSSR count). The third-order valence-electron chi connectivity index (χ3n) is 4.12. The third kappa shape index (κ3) is 4.96. The Morgan fingerprint density at radius 3 is 2.42 bits per heavy atom. The Morgan fingerprint density at radius 1 is 1.29 bits per heavy atom. The van der Waals surface area contributed by atoms with E-state index in [1.54, 1.807) is 0 Å². The zero-order valence-electron chi connectivity index (χ0n) is 15.2. The molecule has 0 aliphatic carbocycles. The maximum atomic E-state index is 7.59. The molecule has 2 saturated heterocycles. The summed E-state index contributed by atoms with van der Waals surface area (Å²) in [4.78, 5) is 4.44. The molecule has 0 aromatic carbocycles. The number of hydrogen-bond acceptors (Lipinski definition) is 5. The fourth-order valence-corrected chi connectivity index (χ4v) is 2.80. The van der Waals surface area contributed by atoms with Gasteiger partial charge in [-0.1, -0.05) is 13.5 Å². The minimum atomic E-state index is 0.867. The van der Waals surface area contributed by atoms with E-state index in [4.69, 9.17) is 5.41 Å². The highest BCUT2D eigenvalue weighted by Crippen LogP contribution is 2.27. The summed E-state index contributed by atoms with van der Waals surface area (Å²) in [5.74, 6) is 0.905. The van der Waals surface area contributed by atoms with E-state index in [2.05, 4.69) is 52.9 Å². The molecule has 0 unspecified atom stereocenters. The Balaban J connectivity index is 0.000000301. The predicted octanol–water partition coefficient (Wildman–Crippen LogP) is 2.81. The zero-order chi connectivity index (χ0) is 17.5. The van der Waals surface area contributed by atoms with Gasteiger partial charge in [0, 0.05) is 19.3 Å². The average molecular weight is 330 g/mol. The maximum Gasteiger partial charge on any atom is 0.159 e. The average Bonchev–Trinajstić information content (AvgIpc) is 3.10. The number of rotatable bonds is 5. The number of piperidine rings is 1. The van der Waals surface area contributed by atoms with Crippen molar-refractivity contribution in [2.75, 3.05) is 38.6 Å². The normalized spacial score (nSPS) is 18.2. The Labute approximate surface area is 145 Å². The molecule has 1 aromatic heterocycles. The van der Waals surface area contributed by atoms with Crippen LogP contribution in [0.5, 0.6) is 0 Å². The molecule has 6 nitrogen and oxygen atoms in total. The Kier molecular flexibility index (Phi) is 6.61. The molecule has 3 heterocycles. The molecule has 6 heteroatoms. The van der Waals surface area contributed by atoms with Crippen LogP contribution in [0.3, 0.4) is 0 Å². The summed E-state index contributed by atoms with van der Waals surface area (Å²) in [6.45, 7) is 9.27. The first-order chi connectivity index (χ1) is 11.6. The van der Waals surface area contributed by atoms with E-state index in [0.29, 0.717) is 0 Å². The number of anilines is 1. The number of nitrogens with one attached hydrogen (secondary N) is 3. The van der Waals surface area contributed by atoms with E-state index in [1.807, 2.05) is 6.08 Å². The van der Waals surface area contributed by atoms with Crippen molar-refractivity contribution in [2.24, 2.45) is 0 Å². The second kappa shape index (κ2) is 8.68. The van der Waals surface area contributed by atoms with Gasteiger partial charge in [0.05, 0.1) is 22.7 Å².